The summed E-state index contributed by atoms with van der Waals surface area (Å²) in [6, 6.07) is 6.40. The highest BCUT2D eigenvalue weighted by Gasteiger charge is 2.41. The summed E-state index contributed by atoms with van der Waals surface area (Å²) >= 11 is 0. The van der Waals surface area contributed by atoms with Gasteiger partial charge in [-0.15, -0.1) is 0 Å². The van der Waals surface area contributed by atoms with E-state index in [0.717, 1.165) is 24.3 Å². The molecule has 23 heavy (non-hydrogen) atoms. The molecule has 1 aliphatic heterocycles. The maximum Gasteiger partial charge on any atom is 0.433 e. The van der Waals surface area contributed by atoms with E-state index < -0.39 is 29.7 Å². The van der Waals surface area contributed by atoms with Crippen LogP contribution < -0.4 is 0 Å². The lowest BCUT2D eigenvalue weighted by Gasteiger charge is -2.13. The maximum atomic E-state index is 13.1. The first-order valence-corrected chi connectivity index (χ1v) is 6.53. The van der Waals surface area contributed by atoms with Crippen LogP contribution in [0.1, 0.15) is 22.9 Å². The Balaban J connectivity index is 2.00. The van der Waals surface area contributed by atoms with Crippen molar-refractivity contribution in [2.45, 2.75) is 18.5 Å². The zero-order valence-electron chi connectivity index (χ0n) is 11.4. The number of rotatable bonds is 2. The number of ether oxygens (including phenoxy) is 1. The molecular formula is C15H9F6NO. The van der Waals surface area contributed by atoms with Gasteiger partial charge in [-0.2, -0.15) is 26.3 Å². The number of epoxide rings is 1. The molecular weight excluding hydrogens is 324 g/mol. The zero-order chi connectivity index (χ0) is 16.8. The number of pyridine rings is 1. The number of alkyl halides is 6. The van der Waals surface area contributed by atoms with Crippen LogP contribution in [0.4, 0.5) is 26.3 Å². The fraction of sp³-hybridized carbons (Fsp3) is 0.267. The van der Waals surface area contributed by atoms with E-state index in [2.05, 4.69) is 4.98 Å². The molecule has 2 heterocycles. The van der Waals surface area contributed by atoms with Crippen LogP contribution >= 0.6 is 0 Å². The molecule has 2 aromatic rings. The number of benzene rings is 1. The minimum Gasteiger partial charge on any atom is -0.368 e. The highest BCUT2D eigenvalue weighted by atomic mass is 19.4. The summed E-state index contributed by atoms with van der Waals surface area (Å²) in [5.41, 5.74) is -1.88. The first-order chi connectivity index (χ1) is 10.7. The molecule has 0 bridgehead atoms. The molecule has 0 aliphatic carbocycles. The maximum absolute atomic E-state index is 13.1. The van der Waals surface area contributed by atoms with Gasteiger partial charge in [-0.1, -0.05) is 18.2 Å². The summed E-state index contributed by atoms with van der Waals surface area (Å²) in [4.78, 5) is 3.58. The van der Waals surface area contributed by atoms with Gasteiger partial charge >= 0.3 is 12.4 Å². The summed E-state index contributed by atoms with van der Waals surface area (Å²) in [5, 5.41) is 0. The van der Waals surface area contributed by atoms with Gasteiger partial charge in [0.2, 0.25) is 0 Å². The molecule has 0 amide bonds. The average Bonchev–Trinajstić information content (AvgIpc) is 3.29. The molecule has 1 unspecified atom stereocenters. The molecule has 2 nitrogen and oxygen atoms in total. The molecule has 0 saturated carbocycles. The fourth-order valence-electron chi connectivity index (χ4n) is 2.18. The smallest absolute Gasteiger partial charge is 0.368 e. The Morgan fingerprint density at radius 3 is 1.96 bits per heavy atom. The Bertz CT molecular complexity index is 716. The summed E-state index contributed by atoms with van der Waals surface area (Å²) in [7, 11) is 0. The van der Waals surface area contributed by atoms with Crippen LogP contribution in [0.2, 0.25) is 0 Å². The highest BCUT2D eigenvalue weighted by Crippen LogP contribution is 2.40. The number of halogens is 6. The van der Waals surface area contributed by atoms with Gasteiger partial charge in [0.1, 0.15) is 6.10 Å². The SMILES string of the molecule is FC(F)(F)c1ccc(-c2ccc(C3CO3)c(C(F)(F)F)n2)cc1. The van der Waals surface area contributed by atoms with E-state index in [1.807, 2.05) is 0 Å². The molecule has 8 heteroatoms. The van der Waals surface area contributed by atoms with Crippen LogP contribution in [0, 0.1) is 0 Å². The Kier molecular flexibility index (Phi) is 3.59. The normalized spacial score (nSPS) is 18.1. The molecule has 0 spiro atoms. The second-order valence-electron chi connectivity index (χ2n) is 5.03. The molecule has 1 aromatic heterocycles. The van der Waals surface area contributed by atoms with Gasteiger partial charge in [0.15, 0.2) is 5.69 Å². The van der Waals surface area contributed by atoms with E-state index in [1.165, 1.54) is 12.1 Å². The van der Waals surface area contributed by atoms with E-state index >= 15 is 0 Å². The molecule has 1 fully saturated rings. The highest BCUT2D eigenvalue weighted by molar-refractivity contribution is 5.60. The van der Waals surface area contributed by atoms with Gasteiger partial charge < -0.3 is 4.74 Å². The molecule has 0 radical (unpaired) electrons. The van der Waals surface area contributed by atoms with Gasteiger partial charge in [0, 0.05) is 11.1 Å². The quantitative estimate of drug-likeness (QED) is 0.579. The lowest BCUT2D eigenvalue weighted by molar-refractivity contribution is -0.142. The first kappa shape index (κ1) is 15.8. The largest absolute Gasteiger partial charge is 0.433 e. The van der Waals surface area contributed by atoms with E-state index in [4.69, 9.17) is 4.74 Å². The van der Waals surface area contributed by atoms with Crippen molar-refractivity contribution in [3.63, 3.8) is 0 Å². The van der Waals surface area contributed by atoms with E-state index in [9.17, 15) is 26.3 Å². The van der Waals surface area contributed by atoms with Crippen LogP contribution in [-0.4, -0.2) is 11.6 Å². The lowest BCUT2D eigenvalue weighted by Crippen LogP contribution is -2.12. The van der Waals surface area contributed by atoms with Gasteiger partial charge in [-0.05, 0) is 18.2 Å². The van der Waals surface area contributed by atoms with Gasteiger partial charge in [0.25, 0.3) is 0 Å². The van der Waals surface area contributed by atoms with E-state index in [-0.39, 0.29) is 23.4 Å². The third-order valence-corrected chi connectivity index (χ3v) is 3.38. The summed E-state index contributed by atoms with van der Waals surface area (Å²) in [6.45, 7) is 0.199. The van der Waals surface area contributed by atoms with Crippen molar-refractivity contribution < 1.29 is 31.1 Å². The Morgan fingerprint density at radius 2 is 1.48 bits per heavy atom. The van der Waals surface area contributed by atoms with Crippen molar-refractivity contribution >= 4 is 0 Å². The van der Waals surface area contributed by atoms with Crippen LogP contribution in [0.25, 0.3) is 11.3 Å². The minimum absolute atomic E-state index is 0.0459. The Hall–Kier alpha value is -2.09. The first-order valence-electron chi connectivity index (χ1n) is 6.53. The third kappa shape index (κ3) is 3.31. The molecule has 0 N–H and O–H groups in total. The predicted octanol–water partition coefficient (Wildman–Crippen LogP) is 4.86. The molecule has 1 saturated heterocycles. The summed E-state index contributed by atoms with van der Waals surface area (Å²) in [5.74, 6) is 0. The van der Waals surface area contributed by atoms with E-state index in [1.54, 1.807) is 0 Å². The second-order valence-corrected chi connectivity index (χ2v) is 5.03. The number of hydrogen-bond donors (Lipinski definition) is 0. The summed E-state index contributed by atoms with van der Waals surface area (Å²) in [6.07, 6.45) is -9.79. The van der Waals surface area contributed by atoms with Crippen LogP contribution in [0.5, 0.6) is 0 Å². The second kappa shape index (κ2) is 5.23. The standard InChI is InChI=1S/C15H9F6NO/c16-14(17,18)9-3-1-8(2-4-9)11-6-5-10(12-7-23-12)13(22-11)15(19,20)21/h1-6,12H,7H2. The molecule has 1 atom stereocenters. The summed E-state index contributed by atoms with van der Waals surface area (Å²) < 4.78 is 81.7. The minimum atomic E-state index is -4.66. The van der Waals surface area contributed by atoms with Crippen molar-refractivity contribution in [1.29, 1.82) is 0 Å². The molecule has 122 valence electrons. The lowest BCUT2D eigenvalue weighted by atomic mass is 10.0. The monoisotopic (exact) mass is 333 g/mol. The van der Waals surface area contributed by atoms with Crippen LogP contribution in [-0.2, 0) is 17.1 Å². The van der Waals surface area contributed by atoms with Crippen LogP contribution in [0.15, 0.2) is 36.4 Å². The van der Waals surface area contributed by atoms with Gasteiger partial charge in [-0.3, -0.25) is 0 Å². The van der Waals surface area contributed by atoms with Gasteiger partial charge in [0.05, 0.1) is 17.9 Å². The average molecular weight is 333 g/mol. The van der Waals surface area contributed by atoms with Crippen molar-refractivity contribution in [3.05, 3.63) is 53.2 Å². The molecule has 1 aromatic carbocycles. The zero-order valence-corrected chi connectivity index (χ0v) is 11.4. The number of nitrogens with zero attached hydrogens (tertiary/aromatic N) is 1. The van der Waals surface area contributed by atoms with Crippen molar-refractivity contribution in [1.82, 2.24) is 4.98 Å². The van der Waals surface area contributed by atoms with Gasteiger partial charge in [-0.25, -0.2) is 4.98 Å². The predicted molar refractivity (Wildman–Crippen MR) is 68.4 cm³/mol. The van der Waals surface area contributed by atoms with Crippen molar-refractivity contribution in [2.24, 2.45) is 0 Å². The Labute approximate surface area is 126 Å². The van der Waals surface area contributed by atoms with E-state index in [0.29, 0.717) is 0 Å². The number of aromatic nitrogens is 1. The van der Waals surface area contributed by atoms with Crippen molar-refractivity contribution in [3.8, 4) is 11.3 Å². The fourth-order valence-corrected chi connectivity index (χ4v) is 2.18. The molecule has 3 rings (SSSR count). The van der Waals surface area contributed by atoms with Crippen molar-refractivity contribution in [2.75, 3.05) is 6.61 Å². The van der Waals surface area contributed by atoms with Crippen LogP contribution in [0.3, 0.4) is 0 Å². The topological polar surface area (TPSA) is 25.4 Å². The number of hydrogen-bond acceptors (Lipinski definition) is 2. The Morgan fingerprint density at radius 1 is 0.870 bits per heavy atom. The third-order valence-electron chi connectivity index (χ3n) is 3.38. The molecule has 1 aliphatic rings.